The van der Waals surface area contributed by atoms with Crippen LogP contribution in [-0.4, -0.2) is 65.5 Å². The van der Waals surface area contributed by atoms with Crippen molar-refractivity contribution in [3.05, 3.63) is 53.5 Å². The average molecular weight is 493 g/mol. The standard InChI is InChI=1S/C23H27F3N5O2P/c1-16-29-20-15-27-21(34(32)10-7-31(8-11-34)6-9-33-2)13-19(20)22(30-16)28-14-17-4-3-5-18(12-17)23(24,25)26/h3-5,12-13,15H,6-11,14H2,1-2H3,(H,28,29,30). The Morgan fingerprint density at radius 3 is 2.65 bits per heavy atom. The van der Waals surface area contributed by atoms with Crippen LogP contribution in [-0.2, 0) is 22.0 Å². The van der Waals surface area contributed by atoms with E-state index in [1.807, 2.05) is 0 Å². The van der Waals surface area contributed by atoms with E-state index in [2.05, 4.69) is 25.2 Å². The monoisotopic (exact) mass is 493 g/mol. The largest absolute Gasteiger partial charge is 0.416 e. The maximum Gasteiger partial charge on any atom is 0.416 e. The molecule has 1 saturated heterocycles. The molecule has 3 heterocycles. The first-order valence-electron chi connectivity index (χ1n) is 11.0. The number of aromatic nitrogens is 3. The van der Waals surface area contributed by atoms with Crippen molar-refractivity contribution < 1.29 is 22.5 Å². The second-order valence-corrected chi connectivity index (χ2v) is 11.5. The summed E-state index contributed by atoms with van der Waals surface area (Å²) in [7, 11) is -1.01. The van der Waals surface area contributed by atoms with Gasteiger partial charge in [-0.25, -0.2) is 9.97 Å². The van der Waals surface area contributed by atoms with Crippen LogP contribution in [0.1, 0.15) is 17.0 Å². The number of nitrogens with zero attached hydrogens (tertiary/aromatic N) is 4. The second kappa shape index (κ2) is 9.98. The van der Waals surface area contributed by atoms with E-state index in [1.54, 1.807) is 32.4 Å². The maximum absolute atomic E-state index is 13.7. The molecule has 2 aromatic heterocycles. The number of rotatable bonds is 7. The van der Waals surface area contributed by atoms with Crippen molar-refractivity contribution in [2.24, 2.45) is 0 Å². The van der Waals surface area contributed by atoms with E-state index in [0.29, 0.717) is 65.6 Å². The molecule has 11 heteroatoms. The Bertz CT molecular complexity index is 1210. The lowest BCUT2D eigenvalue weighted by atomic mass is 10.1. The van der Waals surface area contributed by atoms with Gasteiger partial charge < -0.3 is 19.5 Å². The molecule has 3 aromatic rings. The third-order valence-corrected chi connectivity index (χ3v) is 8.90. The van der Waals surface area contributed by atoms with E-state index in [9.17, 15) is 17.7 Å². The minimum atomic E-state index is -4.40. The molecule has 1 N–H and O–H groups in total. The molecule has 0 spiro atoms. The van der Waals surface area contributed by atoms with E-state index < -0.39 is 18.9 Å². The Morgan fingerprint density at radius 2 is 1.94 bits per heavy atom. The number of aryl methyl sites for hydroxylation is 1. The van der Waals surface area contributed by atoms with Crippen LogP contribution in [0.3, 0.4) is 0 Å². The molecule has 0 unspecified atom stereocenters. The molecule has 1 fully saturated rings. The van der Waals surface area contributed by atoms with Gasteiger partial charge in [0, 0.05) is 51.0 Å². The predicted octanol–water partition coefficient (Wildman–Crippen LogP) is 3.91. The van der Waals surface area contributed by atoms with Gasteiger partial charge in [-0.15, -0.1) is 0 Å². The number of methoxy groups -OCH3 is 1. The second-order valence-electron chi connectivity index (χ2n) is 8.40. The molecular weight excluding hydrogens is 466 g/mol. The van der Waals surface area contributed by atoms with Crippen molar-refractivity contribution in [2.45, 2.75) is 19.6 Å². The van der Waals surface area contributed by atoms with E-state index in [1.165, 1.54) is 6.07 Å². The lowest BCUT2D eigenvalue weighted by molar-refractivity contribution is -0.137. The van der Waals surface area contributed by atoms with Gasteiger partial charge in [0.2, 0.25) is 0 Å². The van der Waals surface area contributed by atoms with Crippen LogP contribution in [0.4, 0.5) is 19.0 Å². The first-order chi connectivity index (χ1) is 16.2. The first-order valence-corrected chi connectivity index (χ1v) is 13.1. The zero-order valence-corrected chi connectivity index (χ0v) is 20.0. The smallest absolute Gasteiger partial charge is 0.383 e. The van der Waals surface area contributed by atoms with Gasteiger partial charge in [0.05, 0.1) is 23.9 Å². The highest BCUT2D eigenvalue weighted by Crippen LogP contribution is 2.46. The van der Waals surface area contributed by atoms with Crippen molar-refractivity contribution in [3.8, 4) is 0 Å². The number of fused-ring (bicyclic) bond motifs is 1. The zero-order valence-electron chi connectivity index (χ0n) is 19.1. The van der Waals surface area contributed by atoms with E-state index in [4.69, 9.17) is 4.74 Å². The number of alkyl halides is 3. The summed E-state index contributed by atoms with van der Waals surface area (Å²) in [5.74, 6) is 0.987. The Morgan fingerprint density at radius 1 is 1.18 bits per heavy atom. The Balaban J connectivity index is 1.58. The molecule has 0 bridgehead atoms. The average Bonchev–Trinajstić information content (AvgIpc) is 2.81. The van der Waals surface area contributed by atoms with Crippen LogP contribution in [0.15, 0.2) is 36.5 Å². The maximum atomic E-state index is 13.7. The highest BCUT2D eigenvalue weighted by molar-refractivity contribution is 7.71. The van der Waals surface area contributed by atoms with Crippen molar-refractivity contribution >= 4 is 29.3 Å². The molecule has 7 nitrogen and oxygen atoms in total. The fourth-order valence-corrected chi connectivity index (χ4v) is 6.57. The number of halogens is 3. The van der Waals surface area contributed by atoms with E-state index in [0.717, 1.165) is 18.7 Å². The summed E-state index contributed by atoms with van der Waals surface area (Å²) in [5.41, 5.74) is 0.913. The molecule has 34 heavy (non-hydrogen) atoms. The predicted molar refractivity (Wildman–Crippen MR) is 126 cm³/mol. The quantitative estimate of drug-likeness (QED) is 0.500. The number of hydrogen-bond donors (Lipinski definition) is 1. The minimum Gasteiger partial charge on any atom is -0.383 e. The lowest BCUT2D eigenvalue weighted by Crippen LogP contribution is -2.39. The molecule has 1 aliphatic rings. The summed E-state index contributed by atoms with van der Waals surface area (Å²) in [6.45, 7) is 4.76. The van der Waals surface area contributed by atoms with Gasteiger partial charge in [-0.05, 0) is 30.7 Å². The van der Waals surface area contributed by atoms with Crippen LogP contribution in [0.2, 0.25) is 0 Å². The molecule has 1 aliphatic heterocycles. The number of pyridine rings is 1. The molecule has 182 valence electrons. The van der Waals surface area contributed by atoms with Gasteiger partial charge in [-0.3, -0.25) is 4.98 Å². The van der Waals surface area contributed by atoms with Gasteiger partial charge in [-0.1, -0.05) is 12.1 Å². The normalized spacial score (nSPS) is 16.6. The van der Waals surface area contributed by atoms with Gasteiger partial charge in [-0.2, -0.15) is 13.2 Å². The highest BCUT2D eigenvalue weighted by atomic mass is 31.2. The van der Waals surface area contributed by atoms with Gasteiger partial charge in [0.1, 0.15) is 24.2 Å². The number of nitrogens with one attached hydrogen (secondary N) is 1. The van der Waals surface area contributed by atoms with Crippen LogP contribution in [0.5, 0.6) is 0 Å². The molecule has 0 saturated carbocycles. The summed E-state index contributed by atoms with van der Waals surface area (Å²) >= 11 is 0. The molecule has 0 atom stereocenters. The van der Waals surface area contributed by atoms with Crippen molar-refractivity contribution in [1.82, 2.24) is 19.9 Å². The first kappa shape index (κ1) is 24.6. The third kappa shape index (κ3) is 5.56. The Hall–Kier alpha value is -2.55. The van der Waals surface area contributed by atoms with E-state index in [-0.39, 0.29) is 6.54 Å². The molecule has 4 rings (SSSR count). The zero-order chi connectivity index (χ0) is 24.3. The van der Waals surface area contributed by atoms with Crippen molar-refractivity contribution in [1.29, 1.82) is 0 Å². The van der Waals surface area contributed by atoms with Gasteiger partial charge in [0.25, 0.3) is 0 Å². The topological polar surface area (TPSA) is 80.2 Å². The van der Waals surface area contributed by atoms with Crippen LogP contribution >= 0.6 is 7.14 Å². The molecule has 1 aromatic carbocycles. The summed E-state index contributed by atoms with van der Waals surface area (Å²) in [6, 6.07) is 6.95. The summed E-state index contributed by atoms with van der Waals surface area (Å²) in [5, 5.41) is 3.79. The Kier molecular flexibility index (Phi) is 7.21. The molecule has 0 radical (unpaired) electrons. The van der Waals surface area contributed by atoms with Crippen LogP contribution in [0.25, 0.3) is 10.9 Å². The fourth-order valence-electron chi connectivity index (χ4n) is 4.04. The molecule has 0 amide bonds. The molecule has 0 aliphatic carbocycles. The minimum absolute atomic E-state index is 0.152. The van der Waals surface area contributed by atoms with E-state index >= 15 is 0 Å². The number of ether oxygens (including phenoxy) is 1. The summed E-state index contributed by atoms with van der Waals surface area (Å²) in [4.78, 5) is 15.6. The summed E-state index contributed by atoms with van der Waals surface area (Å²) in [6.07, 6.45) is -1.73. The van der Waals surface area contributed by atoms with Crippen LogP contribution < -0.4 is 10.8 Å². The summed E-state index contributed by atoms with van der Waals surface area (Å²) < 4.78 is 58.0. The highest BCUT2D eigenvalue weighted by Gasteiger charge is 2.32. The van der Waals surface area contributed by atoms with Gasteiger partial charge in [0.15, 0.2) is 0 Å². The van der Waals surface area contributed by atoms with Crippen molar-refractivity contribution in [2.75, 3.05) is 51.0 Å². The Labute approximate surface area is 196 Å². The number of benzene rings is 1. The third-order valence-electron chi connectivity index (χ3n) is 5.98. The molecular formula is C23H27F3N5O2P. The SMILES string of the molecule is COCCN1CCP(=O)(c2cc3c(NCc4cccc(C(F)(F)F)c4)nc(C)nc3cn2)CC1. The number of anilines is 1. The van der Waals surface area contributed by atoms with Gasteiger partial charge >= 0.3 is 6.18 Å². The van der Waals surface area contributed by atoms with Crippen molar-refractivity contribution in [3.63, 3.8) is 0 Å². The lowest BCUT2D eigenvalue weighted by Gasteiger charge is -2.31. The fraction of sp³-hybridized carbons (Fsp3) is 0.435. The number of hydrogen-bond acceptors (Lipinski definition) is 7. The van der Waals surface area contributed by atoms with Crippen LogP contribution in [0, 0.1) is 6.92 Å².